The summed E-state index contributed by atoms with van der Waals surface area (Å²) >= 11 is 0. The highest BCUT2D eigenvalue weighted by atomic mass is 32.2. The van der Waals surface area contributed by atoms with E-state index in [9.17, 15) is 12.8 Å². The Morgan fingerprint density at radius 1 is 1.23 bits per heavy atom. The number of hydrogen-bond donors (Lipinski definition) is 0. The molecule has 1 aliphatic heterocycles. The lowest BCUT2D eigenvalue weighted by molar-refractivity contribution is 0.383. The summed E-state index contributed by atoms with van der Waals surface area (Å²) in [6, 6.07) is 7.13. The first kappa shape index (κ1) is 15.0. The average molecular weight is 323 g/mol. The first-order valence-electron chi connectivity index (χ1n) is 6.86. The largest absolute Gasteiger partial charge is 0.369 e. The zero-order chi connectivity index (χ0) is 15.7. The van der Waals surface area contributed by atoms with E-state index in [2.05, 4.69) is 11.1 Å². The predicted octanol–water partition coefficient (Wildman–Crippen LogP) is 0.870. The third-order valence-electron chi connectivity index (χ3n) is 3.63. The molecule has 0 saturated carbocycles. The number of piperazine rings is 1. The Kier molecular flexibility index (Phi) is 3.88. The van der Waals surface area contributed by atoms with E-state index < -0.39 is 10.0 Å². The molecule has 0 spiro atoms. The van der Waals surface area contributed by atoms with Crippen LogP contribution in [0.4, 0.5) is 10.1 Å². The number of imidazole rings is 1. The van der Waals surface area contributed by atoms with Crippen LogP contribution in [0, 0.1) is 11.9 Å². The molecule has 0 bridgehead atoms. The van der Waals surface area contributed by atoms with E-state index >= 15 is 0 Å². The van der Waals surface area contributed by atoms with E-state index in [1.807, 2.05) is 4.90 Å². The van der Waals surface area contributed by atoms with Crippen LogP contribution in [0.1, 0.15) is 0 Å². The monoisotopic (exact) mass is 323 g/mol. The summed E-state index contributed by atoms with van der Waals surface area (Å²) in [7, 11) is -1.84. The smallest absolute Gasteiger partial charge is 0.262 e. The van der Waals surface area contributed by atoms with Gasteiger partial charge in [0.1, 0.15) is 5.82 Å². The molecule has 0 unspecified atom stereocenters. The number of aromatic nitrogens is 2. The maximum Gasteiger partial charge on any atom is 0.262 e. The van der Waals surface area contributed by atoms with Crippen LogP contribution in [0.3, 0.4) is 0 Å². The quantitative estimate of drug-likeness (QED) is 0.841. The molecule has 6 nitrogen and oxygen atoms in total. The summed E-state index contributed by atoms with van der Waals surface area (Å²) in [6.07, 6.45) is 2.95. The molecule has 0 aliphatic carbocycles. The Bertz CT molecular complexity index is 767. The van der Waals surface area contributed by atoms with Gasteiger partial charge in [0.2, 0.25) is 0 Å². The molecule has 2 heterocycles. The van der Waals surface area contributed by atoms with Gasteiger partial charge in [-0.05, 0) is 24.3 Å². The minimum Gasteiger partial charge on any atom is -0.369 e. The fourth-order valence-electron chi connectivity index (χ4n) is 2.45. The van der Waals surface area contributed by atoms with Crippen LogP contribution < -0.4 is 4.90 Å². The zero-order valence-corrected chi connectivity index (χ0v) is 12.9. The van der Waals surface area contributed by atoms with Gasteiger partial charge < -0.3 is 9.47 Å². The number of hydrogen-bond acceptors (Lipinski definition) is 4. The molecular weight excluding hydrogens is 307 g/mol. The van der Waals surface area contributed by atoms with Crippen molar-refractivity contribution >= 4 is 15.7 Å². The maximum atomic E-state index is 13.2. The molecule has 0 atom stereocenters. The standard InChI is InChI=1S/C14H16FN4O2S/c1-17-10-14(16-11-17)22(20,21)19-7-5-18(6-8-19)13-4-2-3-12(15)9-13/h3-4,9-11H,5-8H2,1H3. The molecule has 0 amide bonds. The third-order valence-corrected chi connectivity index (χ3v) is 5.41. The Hall–Kier alpha value is -1.93. The van der Waals surface area contributed by atoms with Gasteiger partial charge in [0.05, 0.1) is 6.33 Å². The number of nitrogens with zero attached hydrogens (tertiary/aromatic N) is 4. The van der Waals surface area contributed by atoms with Gasteiger partial charge in [0.25, 0.3) is 10.0 Å². The van der Waals surface area contributed by atoms with Crippen molar-refractivity contribution in [2.45, 2.75) is 5.03 Å². The Morgan fingerprint density at radius 3 is 2.55 bits per heavy atom. The molecule has 1 aromatic carbocycles. The number of rotatable bonds is 3. The van der Waals surface area contributed by atoms with Crippen molar-refractivity contribution in [1.29, 1.82) is 0 Å². The van der Waals surface area contributed by atoms with Gasteiger partial charge in [0, 0.05) is 45.1 Å². The number of anilines is 1. The Morgan fingerprint density at radius 2 is 1.95 bits per heavy atom. The van der Waals surface area contributed by atoms with E-state index in [1.165, 1.54) is 29.0 Å². The highest BCUT2D eigenvalue weighted by Crippen LogP contribution is 2.20. The van der Waals surface area contributed by atoms with E-state index in [0.717, 1.165) is 5.69 Å². The zero-order valence-electron chi connectivity index (χ0n) is 12.1. The summed E-state index contributed by atoms with van der Waals surface area (Å²) in [4.78, 5) is 5.87. The van der Waals surface area contributed by atoms with Crippen molar-refractivity contribution in [3.8, 4) is 0 Å². The minimum absolute atomic E-state index is 0.0579. The fraction of sp³-hybridized carbons (Fsp3) is 0.357. The SMILES string of the molecule is Cn1cnc(S(=O)(=O)N2CCN(c3c[c]cc(F)c3)CC2)c1. The topological polar surface area (TPSA) is 58.4 Å². The number of sulfonamides is 1. The molecule has 2 aromatic rings. The van der Waals surface area contributed by atoms with E-state index in [4.69, 9.17) is 0 Å². The Balaban J connectivity index is 1.72. The van der Waals surface area contributed by atoms with Gasteiger partial charge in [-0.2, -0.15) is 4.31 Å². The van der Waals surface area contributed by atoms with Gasteiger partial charge in [-0.3, -0.25) is 0 Å². The average Bonchev–Trinajstić information content (AvgIpc) is 2.95. The highest BCUT2D eigenvalue weighted by Gasteiger charge is 2.30. The predicted molar refractivity (Wildman–Crippen MR) is 79.4 cm³/mol. The summed E-state index contributed by atoms with van der Waals surface area (Å²) in [5, 5.41) is 0.0579. The first-order valence-corrected chi connectivity index (χ1v) is 8.30. The van der Waals surface area contributed by atoms with Crippen molar-refractivity contribution in [2.24, 2.45) is 7.05 Å². The van der Waals surface area contributed by atoms with Crippen LogP contribution in [0.25, 0.3) is 0 Å². The van der Waals surface area contributed by atoms with Gasteiger partial charge in [-0.25, -0.2) is 17.8 Å². The Labute approximate surface area is 128 Å². The minimum atomic E-state index is -3.56. The third kappa shape index (κ3) is 2.84. The molecule has 3 rings (SSSR count). The second kappa shape index (κ2) is 5.69. The van der Waals surface area contributed by atoms with Crippen molar-refractivity contribution in [3.05, 3.63) is 42.6 Å². The molecule has 1 aromatic heterocycles. The number of aryl methyl sites for hydroxylation is 1. The van der Waals surface area contributed by atoms with Crippen LogP contribution in [-0.2, 0) is 17.1 Å². The van der Waals surface area contributed by atoms with E-state index in [0.29, 0.717) is 26.2 Å². The van der Waals surface area contributed by atoms with E-state index in [-0.39, 0.29) is 10.8 Å². The van der Waals surface area contributed by atoms with Crippen molar-refractivity contribution in [2.75, 3.05) is 31.1 Å². The summed E-state index contributed by atoms with van der Waals surface area (Å²) < 4.78 is 41.2. The van der Waals surface area contributed by atoms with Gasteiger partial charge in [0.15, 0.2) is 5.03 Å². The van der Waals surface area contributed by atoms with Gasteiger partial charge in [-0.1, -0.05) is 0 Å². The molecule has 1 saturated heterocycles. The van der Waals surface area contributed by atoms with Crippen LogP contribution in [0.5, 0.6) is 0 Å². The highest BCUT2D eigenvalue weighted by molar-refractivity contribution is 7.89. The molecule has 1 aliphatic rings. The molecule has 8 heteroatoms. The summed E-state index contributed by atoms with van der Waals surface area (Å²) in [5.74, 6) is -0.346. The maximum absolute atomic E-state index is 13.2. The van der Waals surface area contributed by atoms with Gasteiger partial charge >= 0.3 is 0 Å². The van der Waals surface area contributed by atoms with Crippen LogP contribution in [0.2, 0.25) is 0 Å². The van der Waals surface area contributed by atoms with Crippen molar-refractivity contribution in [3.63, 3.8) is 0 Å². The summed E-state index contributed by atoms with van der Waals surface area (Å²) in [6.45, 7) is 1.69. The molecular formula is C14H16FN4O2S. The molecule has 1 radical (unpaired) electrons. The lowest BCUT2D eigenvalue weighted by Gasteiger charge is -2.34. The van der Waals surface area contributed by atoms with Crippen LogP contribution in [-0.4, -0.2) is 48.5 Å². The number of halogens is 1. The summed E-state index contributed by atoms with van der Waals surface area (Å²) in [5.41, 5.74) is 0.717. The van der Waals surface area contributed by atoms with Crippen molar-refractivity contribution < 1.29 is 12.8 Å². The second-order valence-corrected chi connectivity index (χ2v) is 7.06. The lowest BCUT2D eigenvalue weighted by Crippen LogP contribution is -2.48. The molecule has 0 N–H and O–H groups in total. The van der Waals surface area contributed by atoms with Crippen LogP contribution >= 0.6 is 0 Å². The molecule has 22 heavy (non-hydrogen) atoms. The van der Waals surface area contributed by atoms with Crippen molar-refractivity contribution in [1.82, 2.24) is 13.9 Å². The lowest BCUT2D eigenvalue weighted by atomic mass is 10.2. The molecule has 1 fully saturated rings. The first-order chi connectivity index (χ1) is 10.5. The second-order valence-electron chi connectivity index (χ2n) is 5.18. The fourth-order valence-corrected chi connectivity index (χ4v) is 3.84. The van der Waals surface area contributed by atoms with E-state index in [1.54, 1.807) is 17.7 Å². The van der Waals surface area contributed by atoms with Crippen LogP contribution in [0.15, 0.2) is 35.7 Å². The normalized spacial score (nSPS) is 16.9. The van der Waals surface area contributed by atoms with Gasteiger partial charge in [-0.15, -0.1) is 0 Å². The molecule has 117 valence electrons. The number of benzene rings is 1.